The van der Waals surface area contributed by atoms with Crippen LogP contribution in [0.15, 0.2) is 23.2 Å². The molecule has 5 nitrogen and oxygen atoms in total. The summed E-state index contributed by atoms with van der Waals surface area (Å²) < 4.78 is 26.5. The van der Waals surface area contributed by atoms with Crippen molar-refractivity contribution in [2.24, 2.45) is 11.8 Å². The number of rotatable bonds is 5. The van der Waals surface area contributed by atoms with Gasteiger partial charge in [-0.1, -0.05) is 6.92 Å². The lowest BCUT2D eigenvalue weighted by atomic mass is 10.1. The lowest BCUT2D eigenvalue weighted by molar-refractivity contribution is 0.491. The fraction of sp³-hybridized carbons (Fsp3) is 0.500. The minimum Gasteiger partial charge on any atom is -0.244 e. The van der Waals surface area contributed by atoms with Crippen molar-refractivity contribution in [2.45, 2.75) is 24.7 Å². The second-order valence-electron chi connectivity index (χ2n) is 4.66. The molecule has 1 aliphatic rings. The average Bonchev–Trinajstić information content (AvgIpc) is 3.20. The molecule has 96 valence electrons. The van der Waals surface area contributed by atoms with Gasteiger partial charge in [0.25, 0.3) is 0 Å². The maximum atomic E-state index is 11.9. The van der Waals surface area contributed by atoms with Crippen LogP contribution in [0.4, 0.5) is 0 Å². The van der Waals surface area contributed by atoms with Crippen LogP contribution in [-0.2, 0) is 10.0 Å². The summed E-state index contributed by atoms with van der Waals surface area (Å²) in [6.07, 6.45) is 3.60. The van der Waals surface area contributed by atoms with Crippen molar-refractivity contribution in [1.29, 1.82) is 5.26 Å². The summed E-state index contributed by atoms with van der Waals surface area (Å²) >= 11 is 0. The molecule has 18 heavy (non-hydrogen) atoms. The van der Waals surface area contributed by atoms with Gasteiger partial charge in [0.1, 0.15) is 16.7 Å². The molecule has 0 aromatic carbocycles. The summed E-state index contributed by atoms with van der Waals surface area (Å²) in [7, 11) is -3.51. The van der Waals surface area contributed by atoms with Crippen LogP contribution in [0.25, 0.3) is 0 Å². The first kappa shape index (κ1) is 13.0. The van der Waals surface area contributed by atoms with Gasteiger partial charge in [-0.05, 0) is 36.8 Å². The molecule has 1 aromatic rings. The van der Waals surface area contributed by atoms with Crippen molar-refractivity contribution in [3.05, 3.63) is 24.0 Å². The van der Waals surface area contributed by atoms with Crippen LogP contribution in [0.1, 0.15) is 25.5 Å². The summed E-state index contributed by atoms with van der Waals surface area (Å²) in [6, 6.07) is 4.65. The predicted octanol–water partition coefficient (Wildman–Crippen LogP) is 1.28. The molecule has 6 heteroatoms. The van der Waals surface area contributed by atoms with Gasteiger partial charge in [-0.3, -0.25) is 0 Å². The van der Waals surface area contributed by atoms with Crippen molar-refractivity contribution >= 4 is 10.0 Å². The van der Waals surface area contributed by atoms with E-state index in [1.165, 1.54) is 31.2 Å². The SMILES string of the molecule is CC(CNS(=O)(=O)c1ccc(C#N)nc1)C1CC1. The summed E-state index contributed by atoms with van der Waals surface area (Å²) in [5, 5.41) is 8.60. The van der Waals surface area contributed by atoms with E-state index in [9.17, 15) is 8.42 Å². The van der Waals surface area contributed by atoms with E-state index in [2.05, 4.69) is 16.6 Å². The molecule has 1 heterocycles. The fourth-order valence-corrected chi connectivity index (χ4v) is 2.85. The minimum atomic E-state index is -3.51. The molecule has 0 radical (unpaired) electrons. The Balaban J connectivity index is 2.02. The Morgan fingerprint density at radius 1 is 1.56 bits per heavy atom. The van der Waals surface area contributed by atoms with Gasteiger partial charge in [-0.15, -0.1) is 0 Å². The normalized spacial score (nSPS) is 17.1. The molecule has 1 aliphatic carbocycles. The molecule has 0 aliphatic heterocycles. The number of nitriles is 1. The molecular formula is C12H15N3O2S. The van der Waals surface area contributed by atoms with Crippen molar-refractivity contribution in [3.63, 3.8) is 0 Å². The van der Waals surface area contributed by atoms with Crippen molar-refractivity contribution in [3.8, 4) is 6.07 Å². The number of aromatic nitrogens is 1. The Labute approximate surface area is 107 Å². The molecule has 1 fully saturated rings. The first-order valence-corrected chi connectivity index (χ1v) is 7.37. The third-order valence-electron chi connectivity index (χ3n) is 3.18. The fourth-order valence-electron chi connectivity index (χ4n) is 1.76. The second-order valence-corrected chi connectivity index (χ2v) is 6.42. The van der Waals surface area contributed by atoms with Crippen LogP contribution >= 0.6 is 0 Å². The first-order chi connectivity index (χ1) is 8.53. The van der Waals surface area contributed by atoms with Crippen LogP contribution in [0.5, 0.6) is 0 Å². The number of hydrogen-bond donors (Lipinski definition) is 1. The summed E-state index contributed by atoms with van der Waals surface area (Å²) in [5.41, 5.74) is 0.209. The van der Waals surface area contributed by atoms with Gasteiger partial charge in [0, 0.05) is 12.7 Å². The molecule has 0 saturated heterocycles. The van der Waals surface area contributed by atoms with Crippen LogP contribution < -0.4 is 4.72 Å². The molecular weight excluding hydrogens is 250 g/mol. The van der Waals surface area contributed by atoms with E-state index in [1.807, 2.05) is 6.07 Å². The molecule has 0 amide bonds. The molecule has 1 unspecified atom stereocenters. The van der Waals surface area contributed by atoms with E-state index in [-0.39, 0.29) is 10.6 Å². The standard InChI is InChI=1S/C12H15N3O2S/c1-9(10-2-3-10)7-15-18(16,17)12-5-4-11(6-13)14-8-12/h4-5,8-10,15H,2-3,7H2,1H3. The first-order valence-electron chi connectivity index (χ1n) is 5.89. The molecule has 0 spiro atoms. The molecule has 1 N–H and O–H groups in total. The molecule has 1 saturated carbocycles. The van der Waals surface area contributed by atoms with Gasteiger partial charge in [0.15, 0.2) is 0 Å². The third kappa shape index (κ3) is 3.06. The van der Waals surface area contributed by atoms with Gasteiger partial charge in [-0.2, -0.15) is 5.26 Å². The summed E-state index contributed by atoms with van der Waals surface area (Å²) in [4.78, 5) is 3.86. The zero-order valence-corrected chi connectivity index (χ0v) is 10.9. The number of nitrogens with zero attached hydrogens (tertiary/aromatic N) is 2. The van der Waals surface area contributed by atoms with Gasteiger partial charge < -0.3 is 0 Å². The maximum absolute atomic E-state index is 11.9. The lowest BCUT2D eigenvalue weighted by Crippen LogP contribution is -2.29. The van der Waals surface area contributed by atoms with Crippen molar-refractivity contribution in [1.82, 2.24) is 9.71 Å². The smallest absolute Gasteiger partial charge is 0.242 e. The highest BCUT2D eigenvalue weighted by molar-refractivity contribution is 7.89. The van der Waals surface area contributed by atoms with E-state index >= 15 is 0 Å². The van der Waals surface area contributed by atoms with E-state index in [1.54, 1.807) is 0 Å². The van der Waals surface area contributed by atoms with E-state index in [4.69, 9.17) is 5.26 Å². The number of nitrogens with one attached hydrogen (secondary N) is 1. The molecule has 0 bridgehead atoms. The van der Waals surface area contributed by atoms with Crippen molar-refractivity contribution in [2.75, 3.05) is 6.54 Å². The molecule has 2 rings (SSSR count). The van der Waals surface area contributed by atoms with Gasteiger partial charge >= 0.3 is 0 Å². The Morgan fingerprint density at radius 3 is 2.78 bits per heavy atom. The predicted molar refractivity (Wildman–Crippen MR) is 66.0 cm³/mol. The summed E-state index contributed by atoms with van der Waals surface area (Å²) in [5.74, 6) is 1.03. The lowest BCUT2D eigenvalue weighted by Gasteiger charge is -2.11. The largest absolute Gasteiger partial charge is 0.244 e. The van der Waals surface area contributed by atoms with E-state index < -0.39 is 10.0 Å². The Morgan fingerprint density at radius 2 is 2.28 bits per heavy atom. The number of pyridine rings is 1. The van der Waals surface area contributed by atoms with E-state index in [0.29, 0.717) is 18.4 Å². The van der Waals surface area contributed by atoms with Crippen LogP contribution in [0, 0.1) is 23.2 Å². The zero-order valence-electron chi connectivity index (χ0n) is 10.1. The van der Waals surface area contributed by atoms with Crippen molar-refractivity contribution < 1.29 is 8.42 Å². The monoisotopic (exact) mass is 265 g/mol. The Hall–Kier alpha value is -1.45. The van der Waals surface area contributed by atoms with Crippen LogP contribution in [0.2, 0.25) is 0 Å². The van der Waals surface area contributed by atoms with Gasteiger partial charge in [0.05, 0.1) is 0 Å². The number of hydrogen-bond acceptors (Lipinski definition) is 4. The Kier molecular flexibility index (Phi) is 3.64. The zero-order chi connectivity index (χ0) is 13.2. The second kappa shape index (κ2) is 5.04. The van der Waals surface area contributed by atoms with Gasteiger partial charge in [-0.25, -0.2) is 18.1 Å². The van der Waals surface area contributed by atoms with Crippen LogP contribution in [0.3, 0.4) is 0 Å². The minimum absolute atomic E-state index is 0.101. The summed E-state index contributed by atoms with van der Waals surface area (Å²) in [6.45, 7) is 2.50. The highest BCUT2D eigenvalue weighted by Gasteiger charge is 2.28. The quantitative estimate of drug-likeness (QED) is 0.869. The van der Waals surface area contributed by atoms with Crippen LogP contribution in [-0.4, -0.2) is 19.9 Å². The maximum Gasteiger partial charge on any atom is 0.242 e. The highest BCUT2D eigenvalue weighted by atomic mass is 32.2. The molecule has 1 atom stereocenters. The third-order valence-corrected chi connectivity index (χ3v) is 4.59. The topological polar surface area (TPSA) is 82.9 Å². The average molecular weight is 265 g/mol. The van der Waals surface area contributed by atoms with Gasteiger partial charge in [0.2, 0.25) is 10.0 Å². The van der Waals surface area contributed by atoms with E-state index in [0.717, 1.165) is 0 Å². The highest BCUT2D eigenvalue weighted by Crippen LogP contribution is 2.36. The Bertz CT molecular complexity index is 556. The molecule has 1 aromatic heterocycles. The number of sulfonamides is 1.